The molecule has 0 saturated carbocycles. The minimum absolute atomic E-state index is 0.107. The van der Waals surface area contributed by atoms with E-state index in [1.54, 1.807) is 36.5 Å². The Hall–Kier alpha value is -2.87. The molecule has 0 amide bonds. The van der Waals surface area contributed by atoms with Crippen LogP contribution in [0.1, 0.15) is 15.9 Å². The van der Waals surface area contributed by atoms with Crippen molar-refractivity contribution in [1.82, 2.24) is 9.97 Å². The Labute approximate surface area is 181 Å². The summed E-state index contributed by atoms with van der Waals surface area (Å²) in [5.74, 6) is 0.337. The highest BCUT2D eigenvalue weighted by molar-refractivity contribution is 6.42. The van der Waals surface area contributed by atoms with Crippen molar-refractivity contribution in [2.24, 2.45) is 5.10 Å². The molecule has 2 heterocycles. The van der Waals surface area contributed by atoms with Crippen LogP contribution in [0.3, 0.4) is 0 Å². The van der Waals surface area contributed by atoms with Crippen LogP contribution in [0, 0.1) is 0 Å². The van der Waals surface area contributed by atoms with Gasteiger partial charge in [0.15, 0.2) is 17.3 Å². The number of methoxy groups -OCH3 is 1. The Morgan fingerprint density at radius 3 is 2.69 bits per heavy atom. The second-order valence-corrected chi connectivity index (χ2v) is 6.68. The molecule has 0 saturated heterocycles. The smallest absolute Gasteiger partial charge is 0.345 e. The highest BCUT2D eigenvalue weighted by atomic mass is 35.5. The van der Waals surface area contributed by atoms with Gasteiger partial charge in [0, 0.05) is 12.4 Å². The molecule has 7 nitrogen and oxygen atoms in total. The minimum Gasteiger partial charge on any atom is -0.493 e. The number of hydrogen-bond acceptors (Lipinski definition) is 7. The summed E-state index contributed by atoms with van der Waals surface area (Å²) in [6, 6.07) is 9.67. The van der Waals surface area contributed by atoms with Crippen LogP contribution < -0.4 is 14.9 Å². The molecule has 1 aromatic carbocycles. The van der Waals surface area contributed by atoms with Crippen LogP contribution in [0.5, 0.6) is 11.5 Å². The molecule has 0 fully saturated rings. The van der Waals surface area contributed by atoms with Crippen molar-refractivity contribution in [2.75, 3.05) is 12.5 Å². The van der Waals surface area contributed by atoms with Crippen molar-refractivity contribution in [3.63, 3.8) is 0 Å². The number of aromatic nitrogens is 2. The number of halogens is 3. The quantitative estimate of drug-likeness (QED) is 0.184. The lowest BCUT2D eigenvalue weighted by Crippen LogP contribution is -2.09. The van der Waals surface area contributed by atoms with Crippen molar-refractivity contribution in [2.45, 2.75) is 0 Å². The first kappa shape index (κ1) is 20.9. The summed E-state index contributed by atoms with van der Waals surface area (Å²) in [6.07, 6.45) is 4.50. The lowest BCUT2D eigenvalue weighted by atomic mass is 10.2. The molecule has 29 heavy (non-hydrogen) atoms. The lowest BCUT2D eigenvalue weighted by Gasteiger charge is -2.10. The fourth-order valence-corrected chi connectivity index (χ4v) is 2.72. The van der Waals surface area contributed by atoms with Gasteiger partial charge in [0.1, 0.15) is 5.15 Å². The van der Waals surface area contributed by atoms with Crippen molar-refractivity contribution in [1.29, 1.82) is 0 Å². The summed E-state index contributed by atoms with van der Waals surface area (Å²) in [5.41, 5.74) is 3.69. The van der Waals surface area contributed by atoms with Gasteiger partial charge in [0.2, 0.25) is 0 Å². The van der Waals surface area contributed by atoms with Gasteiger partial charge in [-0.3, -0.25) is 10.4 Å². The third kappa shape index (κ3) is 5.35. The molecule has 0 aliphatic rings. The van der Waals surface area contributed by atoms with Crippen molar-refractivity contribution in [3.05, 3.63) is 75.1 Å². The van der Waals surface area contributed by atoms with Crippen LogP contribution in [0.15, 0.2) is 53.9 Å². The third-order valence-corrected chi connectivity index (χ3v) is 4.52. The highest BCUT2D eigenvalue weighted by Gasteiger charge is 2.13. The second kappa shape index (κ2) is 9.56. The molecule has 10 heteroatoms. The van der Waals surface area contributed by atoms with Crippen LogP contribution in [0.4, 0.5) is 5.82 Å². The monoisotopic (exact) mass is 450 g/mol. The zero-order valence-corrected chi connectivity index (χ0v) is 17.2. The fraction of sp³-hybridized carbons (Fsp3) is 0.0526. The Kier molecular flexibility index (Phi) is 6.87. The molecule has 2 aromatic heterocycles. The SMILES string of the molecule is COc1cc(C=NNc2nc(Cl)c(Cl)cc2Cl)ccc1OC(=O)c1cccnc1. The van der Waals surface area contributed by atoms with Gasteiger partial charge in [0.25, 0.3) is 0 Å². The zero-order valence-electron chi connectivity index (χ0n) is 14.9. The molecule has 0 radical (unpaired) electrons. The topological polar surface area (TPSA) is 85.7 Å². The van der Waals surface area contributed by atoms with Gasteiger partial charge in [-0.2, -0.15) is 5.10 Å². The first-order valence-electron chi connectivity index (χ1n) is 8.09. The molecular weight excluding hydrogens is 439 g/mol. The Balaban J connectivity index is 1.72. The highest BCUT2D eigenvalue weighted by Crippen LogP contribution is 2.30. The number of carbonyl (C=O) groups excluding carboxylic acids is 1. The van der Waals surface area contributed by atoms with Crippen molar-refractivity contribution < 1.29 is 14.3 Å². The first-order valence-corrected chi connectivity index (χ1v) is 9.22. The number of hydrazone groups is 1. The van der Waals surface area contributed by atoms with Crippen LogP contribution in [0.25, 0.3) is 0 Å². The van der Waals surface area contributed by atoms with E-state index >= 15 is 0 Å². The van der Waals surface area contributed by atoms with Gasteiger partial charge in [0.05, 0.1) is 28.9 Å². The van der Waals surface area contributed by atoms with Gasteiger partial charge in [-0.1, -0.05) is 34.8 Å². The Morgan fingerprint density at radius 2 is 1.97 bits per heavy atom. The number of hydrogen-bond donors (Lipinski definition) is 1. The van der Waals surface area contributed by atoms with Gasteiger partial charge in [-0.15, -0.1) is 0 Å². The number of rotatable bonds is 6. The molecule has 1 N–H and O–H groups in total. The molecule has 0 bridgehead atoms. The number of carbonyl (C=O) groups is 1. The number of nitrogens with one attached hydrogen (secondary N) is 1. The largest absolute Gasteiger partial charge is 0.493 e. The van der Waals surface area contributed by atoms with E-state index in [-0.39, 0.29) is 26.8 Å². The molecule has 0 spiro atoms. The molecule has 0 unspecified atom stereocenters. The zero-order chi connectivity index (χ0) is 20.8. The van der Waals surface area contributed by atoms with E-state index in [4.69, 9.17) is 44.3 Å². The van der Waals surface area contributed by atoms with Gasteiger partial charge < -0.3 is 9.47 Å². The van der Waals surface area contributed by atoms with Gasteiger partial charge in [-0.25, -0.2) is 9.78 Å². The van der Waals surface area contributed by atoms with Crippen LogP contribution >= 0.6 is 34.8 Å². The van der Waals surface area contributed by atoms with E-state index in [1.807, 2.05) is 0 Å². The molecule has 0 aliphatic heterocycles. The maximum Gasteiger partial charge on any atom is 0.345 e. The fourth-order valence-electron chi connectivity index (χ4n) is 2.18. The molecular formula is C19H13Cl3N4O3. The Morgan fingerprint density at radius 1 is 1.14 bits per heavy atom. The average molecular weight is 452 g/mol. The molecule has 0 aliphatic carbocycles. The minimum atomic E-state index is -0.542. The maximum atomic E-state index is 12.2. The van der Waals surface area contributed by atoms with Crippen LogP contribution in [-0.2, 0) is 0 Å². The van der Waals surface area contributed by atoms with Crippen LogP contribution in [-0.4, -0.2) is 29.3 Å². The predicted octanol–water partition coefficient (Wildman–Crippen LogP) is 5.11. The summed E-state index contributed by atoms with van der Waals surface area (Å²) >= 11 is 17.7. The number of pyridine rings is 2. The summed E-state index contributed by atoms with van der Waals surface area (Å²) < 4.78 is 10.7. The summed E-state index contributed by atoms with van der Waals surface area (Å²) in [6.45, 7) is 0. The van der Waals surface area contributed by atoms with E-state index in [0.29, 0.717) is 16.9 Å². The third-order valence-electron chi connectivity index (χ3n) is 3.56. The van der Waals surface area contributed by atoms with E-state index in [1.165, 1.54) is 25.6 Å². The number of ether oxygens (including phenoxy) is 2. The lowest BCUT2D eigenvalue weighted by molar-refractivity contribution is 0.0729. The van der Waals surface area contributed by atoms with E-state index in [2.05, 4.69) is 20.5 Å². The molecule has 148 valence electrons. The summed E-state index contributed by atoms with van der Waals surface area (Å²) in [4.78, 5) is 20.1. The van der Waals surface area contributed by atoms with Gasteiger partial charge >= 0.3 is 5.97 Å². The number of nitrogens with zero attached hydrogens (tertiary/aromatic N) is 3. The number of esters is 1. The van der Waals surface area contributed by atoms with E-state index in [9.17, 15) is 4.79 Å². The normalized spacial score (nSPS) is 10.8. The number of anilines is 1. The summed E-state index contributed by atoms with van der Waals surface area (Å²) in [5, 5.41) is 4.68. The number of benzene rings is 1. The molecule has 0 atom stereocenters. The predicted molar refractivity (Wildman–Crippen MR) is 113 cm³/mol. The second-order valence-electron chi connectivity index (χ2n) is 5.50. The van der Waals surface area contributed by atoms with Gasteiger partial charge in [-0.05, 0) is 42.0 Å². The molecule has 3 rings (SSSR count). The maximum absolute atomic E-state index is 12.2. The van der Waals surface area contributed by atoms with E-state index < -0.39 is 5.97 Å². The standard InChI is InChI=1S/C19H13Cl3N4O3/c1-28-16-7-11(9-24-26-18-14(21)8-13(20)17(22)25-18)4-5-15(16)29-19(27)12-3-2-6-23-10-12/h2-10H,1H3,(H,25,26). The average Bonchev–Trinajstić information content (AvgIpc) is 2.73. The molecule has 3 aromatic rings. The summed E-state index contributed by atoms with van der Waals surface area (Å²) in [7, 11) is 1.47. The van der Waals surface area contributed by atoms with Crippen LogP contribution in [0.2, 0.25) is 15.2 Å². The Bertz CT molecular complexity index is 1060. The van der Waals surface area contributed by atoms with E-state index in [0.717, 1.165) is 0 Å². The van der Waals surface area contributed by atoms with Crippen molar-refractivity contribution >= 4 is 52.8 Å². The van der Waals surface area contributed by atoms with Crippen molar-refractivity contribution in [3.8, 4) is 11.5 Å². The first-order chi connectivity index (χ1) is 14.0.